The summed E-state index contributed by atoms with van der Waals surface area (Å²) in [4.78, 5) is 11.0. The third-order valence-electron chi connectivity index (χ3n) is 2.96. The first-order chi connectivity index (χ1) is 6.99. The van der Waals surface area contributed by atoms with Crippen LogP contribution >= 0.6 is 0 Å². The Morgan fingerprint density at radius 1 is 1.53 bits per heavy atom. The van der Waals surface area contributed by atoms with E-state index < -0.39 is 11.6 Å². The van der Waals surface area contributed by atoms with Gasteiger partial charge in [0, 0.05) is 6.42 Å². The molecule has 0 aliphatic heterocycles. The van der Waals surface area contributed by atoms with E-state index in [-0.39, 0.29) is 12.0 Å². The lowest BCUT2D eigenvalue weighted by Gasteiger charge is -2.28. The zero-order chi connectivity index (χ0) is 11.1. The first kappa shape index (κ1) is 10.1. The summed E-state index contributed by atoms with van der Waals surface area (Å²) in [6, 6.07) is 5.16. The zero-order valence-corrected chi connectivity index (χ0v) is 8.59. The SMILES string of the molecule is CC1(F)CCc2cccc(C(=O)O)c2C1. The Hall–Kier alpha value is -1.38. The number of alkyl halides is 1. The lowest BCUT2D eigenvalue weighted by Crippen LogP contribution is -2.28. The van der Waals surface area contributed by atoms with Crippen molar-refractivity contribution in [3.63, 3.8) is 0 Å². The minimum atomic E-state index is -1.27. The molecule has 0 heterocycles. The van der Waals surface area contributed by atoms with Gasteiger partial charge in [-0.15, -0.1) is 0 Å². The van der Waals surface area contributed by atoms with Gasteiger partial charge in [0.25, 0.3) is 0 Å². The normalized spacial score (nSPS) is 24.7. The Morgan fingerprint density at radius 2 is 2.27 bits per heavy atom. The van der Waals surface area contributed by atoms with Crippen molar-refractivity contribution in [3.05, 3.63) is 34.9 Å². The number of benzene rings is 1. The zero-order valence-electron chi connectivity index (χ0n) is 8.59. The molecule has 1 N–H and O–H groups in total. The topological polar surface area (TPSA) is 37.3 Å². The van der Waals surface area contributed by atoms with Crippen molar-refractivity contribution in [2.75, 3.05) is 0 Å². The van der Waals surface area contributed by atoms with Crippen LogP contribution in [0.15, 0.2) is 18.2 Å². The molecule has 0 amide bonds. The number of rotatable bonds is 1. The van der Waals surface area contributed by atoms with E-state index in [4.69, 9.17) is 5.11 Å². The maximum absolute atomic E-state index is 13.8. The predicted molar refractivity (Wildman–Crippen MR) is 54.9 cm³/mol. The highest BCUT2D eigenvalue weighted by atomic mass is 19.1. The second kappa shape index (κ2) is 3.33. The molecule has 1 atom stereocenters. The van der Waals surface area contributed by atoms with Crippen molar-refractivity contribution in [2.24, 2.45) is 0 Å². The molecule has 0 aromatic heterocycles. The summed E-state index contributed by atoms with van der Waals surface area (Å²) in [5.74, 6) is -0.968. The maximum atomic E-state index is 13.8. The van der Waals surface area contributed by atoms with Gasteiger partial charge in [-0.3, -0.25) is 0 Å². The molecule has 0 spiro atoms. The van der Waals surface area contributed by atoms with Gasteiger partial charge in [0.05, 0.1) is 5.56 Å². The molecule has 1 aromatic rings. The van der Waals surface area contributed by atoms with Gasteiger partial charge in [-0.25, -0.2) is 9.18 Å². The average Bonchev–Trinajstić information content (AvgIpc) is 2.15. The number of carboxylic acid groups (broad SMARTS) is 1. The number of carbonyl (C=O) groups is 1. The highest BCUT2D eigenvalue weighted by molar-refractivity contribution is 5.90. The molecule has 3 heteroatoms. The van der Waals surface area contributed by atoms with E-state index in [9.17, 15) is 9.18 Å². The van der Waals surface area contributed by atoms with Crippen LogP contribution in [0.4, 0.5) is 4.39 Å². The number of carboxylic acids is 1. The summed E-state index contributed by atoms with van der Waals surface area (Å²) in [5.41, 5.74) is 0.626. The smallest absolute Gasteiger partial charge is 0.335 e. The van der Waals surface area contributed by atoms with Crippen LogP contribution in [0.1, 0.15) is 34.8 Å². The highest BCUT2D eigenvalue weighted by Crippen LogP contribution is 2.33. The second-order valence-corrected chi connectivity index (χ2v) is 4.34. The van der Waals surface area contributed by atoms with Crippen molar-refractivity contribution in [2.45, 2.75) is 31.9 Å². The molecule has 0 saturated heterocycles. The Balaban J connectivity index is 2.50. The predicted octanol–water partition coefficient (Wildman–Crippen LogP) is 2.60. The molecule has 1 aliphatic rings. The van der Waals surface area contributed by atoms with E-state index in [2.05, 4.69) is 0 Å². The summed E-state index contributed by atoms with van der Waals surface area (Å²) in [5, 5.41) is 8.99. The number of fused-ring (bicyclic) bond motifs is 1. The van der Waals surface area contributed by atoms with Gasteiger partial charge < -0.3 is 5.11 Å². The minimum absolute atomic E-state index is 0.213. The van der Waals surface area contributed by atoms with Crippen LogP contribution in [0, 0.1) is 0 Å². The molecule has 2 nitrogen and oxygen atoms in total. The van der Waals surface area contributed by atoms with E-state index in [0.717, 1.165) is 5.56 Å². The average molecular weight is 208 g/mol. The second-order valence-electron chi connectivity index (χ2n) is 4.34. The molecule has 1 unspecified atom stereocenters. The van der Waals surface area contributed by atoms with Crippen LogP contribution in [0.5, 0.6) is 0 Å². The molecule has 0 radical (unpaired) electrons. The van der Waals surface area contributed by atoms with Crippen molar-refractivity contribution in [1.29, 1.82) is 0 Å². The number of aromatic carboxylic acids is 1. The van der Waals surface area contributed by atoms with E-state index >= 15 is 0 Å². The summed E-state index contributed by atoms with van der Waals surface area (Å²) >= 11 is 0. The highest BCUT2D eigenvalue weighted by Gasteiger charge is 2.31. The molecular formula is C12H13FO2. The van der Waals surface area contributed by atoms with E-state index in [1.54, 1.807) is 12.1 Å². The first-order valence-corrected chi connectivity index (χ1v) is 5.02. The van der Waals surface area contributed by atoms with Crippen molar-refractivity contribution >= 4 is 5.97 Å². The third-order valence-corrected chi connectivity index (χ3v) is 2.96. The standard InChI is InChI=1S/C12H13FO2/c1-12(13)6-5-8-3-2-4-9(11(14)15)10(8)7-12/h2-4H,5-7H2,1H3,(H,14,15). The lowest BCUT2D eigenvalue weighted by atomic mass is 9.81. The number of halogens is 1. The Bertz CT molecular complexity index is 410. The van der Waals surface area contributed by atoms with Crippen molar-refractivity contribution < 1.29 is 14.3 Å². The van der Waals surface area contributed by atoms with E-state index in [0.29, 0.717) is 18.4 Å². The van der Waals surface area contributed by atoms with Crippen LogP contribution in [0.25, 0.3) is 0 Å². The van der Waals surface area contributed by atoms with Gasteiger partial charge in [-0.2, -0.15) is 0 Å². The lowest BCUT2D eigenvalue weighted by molar-refractivity contribution is 0.0693. The molecule has 1 aliphatic carbocycles. The third kappa shape index (κ3) is 1.87. The van der Waals surface area contributed by atoms with Crippen LogP contribution in [0.3, 0.4) is 0 Å². The van der Waals surface area contributed by atoms with E-state index in [1.165, 1.54) is 6.92 Å². The molecule has 1 aromatic carbocycles. The quantitative estimate of drug-likeness (QED) is 0.770. The Labute approximate surface area is 87.7 Å². The van der Waals surface area contributed by atoms with Gasteiger partial charge in [0.2, 0.25) is 0 Å². The molecule has 0 fully saturated rings. The number of hydrogen-bond acceptors (Lipinski definition) is 1. The van der Waals surface area contributed by atoms with Gasteiger partial charge >= 0.3 is 5.97 Å². The van der Waals surface area contributed by atoms with Crippen LogP contribution in [-0.2, 0) is 12.8 Å². The summed E-state index contributed by atoms with van der Waals surface area (Å²) in [6.07, 6.45) is 1.32. The Morgan fingerprint density at radius 3 is 2.93 bits per heavy atom. The first-order valence-electron chi connectivity index (χ1n) is 5.02. The largest absolute Gasteiger partial charge is 0.478 e. The fourth-order valence-electron chi connectivity index (χ4n) is 2.13. The van der Waals surface area contributed by atoms with Crippen LogP contribution < -0.4 is 0 Å². The van der Waals surface area contributed by atoms with Crippen molar-refractivity contribution in [1.82, 2.24) is 0 Å². The van der Waals surface area contributed by atoms with Gasteiger partial charge in [-0.05, 0) is 37.0 Å². The summed E-state index contributed by atoms with van der Waals surface area (Å²) < 4.78 is 13.8. The molecule has 80 valence electrons. The maximum Gasteiger partial charge on any atom is 0.335 e. The van der Waals surface area contributed by atoms with Gasteiger partial charge in [0.15, 0.2) is 0 Å². The fraction of sp³-hybridized carbons (Fsp3) is 0.417. The van der Waals surface area contributed by atoms with Crippen molar-refractivity contribution in [3.8, 4) is 0 Å². The van der Waals surface area contributed by atoms with Gasteiger partial charge in [0.1, 0.15) is 5.67 Å². The fourth-order valence-corrected chi connectivity index (χ4v) is 2.13. The van der Waals surface area contributed by atoms with Gasteiger partial charge in [-0.1, -0.05) is 12.1 Å². The number of hydrogen-bond donors (Lipinski definition) is 1. The summed E-state index contributed by atoms with van der Waals surface area (Å²) in [6.45, 7) is 1.54. The molecule has 0 bridgehead atoms. The van der Waals surface area contributed by atoms with Crippen LogP contribution in [-0.4, -0.2) is 16.7 Å². The number of aryl methyl sites for hydroxylation is 1. The Kier molecular flexibility index (Phi) is 2.25. The van der Waals surface area contributed by atoms with E-state index in [1.807, 2.05) is 6.07 Å². The summed E-state index contributed by atoms with van der Waals surface area (Å²) in [7, 11) is 0. The monoisotopic (exact) mass is 208 g/mol. The molecule has 15 heavy (non-hydrogen) atoms. The molecule has 2 rings (SSSR count). The molecular weight excluding hydrogens is 195 g/mol. The molecule has 0 saturated carbocycles. The van der Waals surface area contributed by atoms with Crippen LogP contribution in [0.2, 0.25) is 0 Å². The minimum Gasteiger partial charge on any atom is -0.478 e.